The Bertz CT molecular complexity index is 423. The molecule has 1 unspecified atom stereocenters. The minimum Gasteiger partial charge on any atom is -0.316 e. The minimum atomic E-state index is 0.584. The van der Waals surface area contributed by atoms with Gasteiger partial charge in [-0.1, -0.05) is 0 Å². The second-order valence-corrected chi connectivity index (χ2v) is 4.66. The number of rotatable bonds is 1. The summed E-state index contributed by atoms with van der Waals surface area (Å²) in [4.78, 5) is 0. The van der Waals surface area contributed by atoms with Crippen LogP contribution in [0.5, 0.6) is 0 Å². The van der Waals surface area contributed by atoms with Gasteiger partial charge in [-0.05, 0) is 68.0 Å². The van der Waals surface area contributed by atoms with Gasteiger partial charge < -0.3 is 5.32 Å². The Hall–Kier alpha value is -1.33. The molecule has 1 fully saturated rings. The van der Waals surface area contributed by atoms with Crippen LogP contribution in [-0.2, 0) is 0 Å². The molecule has 1 atom stereocenters. The zero-order chi connectivity index (χ0) is 11.5. The molecule has 0 spiro atoms. The highest BCUT2D eigenvalue weighted by Crippen LogP contribution is 2.28. The molecule has 2 rings (SSSR count). The van der Waals surface area contributed by atoms with E-state index in [2.05, 4.69) is 31.3 Å². The SMILES string of the molecule is Cc1cc(C#N)cc(C2CCCNC2)c1C. The van der Waals surface area contributed by atoms with Crippen LogP contribution in [0.1, 0.15) is 41.0 Å². The van der Waals surface area contributed by atoms with Gasteiger partial charge in [0.1, 0.15) is 0 Å². The Morgan fingerprint density at radius 3 is 2.81 bits per heavy atom. The maximum atomic E-state index is 9.01. The molecule has 16 heavy (non-hydrogen) atoms. The molecule has 1 aliphatic rings. The highest BCUT2D eigenvalue weighted by molar-refractivity contribution is 5.44. The smallest absolute Gasteiger partial charge is 0.0991 e. The molecule has 0 radical (unpaired) electrons. The number of nitrogens with one attached hydrogen (secondary N) is 1. The van der Waals surface area contributed by atoms with Crippen LogP contribution in [0, 0.1) is 25.2 Å². The molecule has 1 N–H and O–H groups in total. The topological polar surface area (TPSA) is 35.8 Å². The Morgan fingerprint density at radius 1 is 1.38 bits per heavy atom. The van der Waals surface area contributed by atoms with Crippen molar-refractivity contribution in [3.63, 3.8) is 0 Å². The van der Waals surface area contributed by atoms with Crippen molar-refractivity contribution < 1.29 is 0 Å². The summed E-state index contributed by atoms with van der Waals surface area (Å²) in [5.41, 5.74) is 4.75. The average molecular weight is 214 g/mol. The molecule has 0 bridgehead atoms. The second kappa shape index (κ2) is 4.67. The zero-order valence-electron chi connectivity index (χ0n) is 10.0. The average Bonchev–Trinajstić information content (AvgIpc) is 2.33. The lowest BCUT2D eigenvalue weighted by atomic mass is 9.86. The maximum absolute atomic E-state index is 9.01. The van der Waals surface area contributed by atoms with Crippen molar-refractivity contribution in [3.8, 4) is 6.07 Å². The summed E-state index contributed by atoms with van der Waals surface area (Å²) >= 11 is 0. The van der Waals surface area contributed by atoms with Crippen LogP contribution >= 0.6 is 0 Å². The monoisotopic (exact) mass is 214 g/mol. The number of benzene rings is 1. The van der Waals surface area contributed by atoms with Gasteiger partial charge >= 0.3 is 0 Å². The van der Waals surface area contributed by atoms with Crippen molar-refractivity contribution in [2.45, 2.75) is 32.6 Å². The molecule has 1 saturated heterocycles. The third-order valence-electron chi connectivity index (χ3n) is 3.57. The fourth-order valence-electron chi connectivity index (χ4n) is 2.49. The molecule has 0 amide bonds. The standard InChI is InChI=1S/C14H18N2/c1-10-6-12(8-15)7-14(11(10)2)13-4-3-5-16-9-13/h6-7,13,16H,3-5,9H2,1-2H3. The van der Waals surface area contributed by atoms with Crippen molar-refractivity contribution in [1.29, 1.82) is 5.26 Å². The molecule has 1 aromatic carbocycles. The number of aryl methyl sites for hydroxylation is 1. The summed E-state index contributed by atoms with van der Waals surface area (Å²) in [7, 11) is 0. The van der Waals surface area contributed by atoms with E-state index in [0.717, 1.165) is 18.7 Å². The predicted octanol–water partition coefficient (Wildman–Crippen LogP) is 2.64. The quantitative estimate of drug-likeness (QED) is 0.780. The van der Waals surface area contributed by atoms with Gasteiger partial charge in [0, 0.05) is 6.54 Å². The summed E-state index contributed by atoms with van der Waals surface area (Å²) < 4.78 is 0. The van der Waals surface area contributed by atoms with Crippen LogP contribution in [0.4, 0.5) is 0 Å². The third kappa shape index (κ3) is 2.10. The third-order valence-corrected chi connectivity index (χ3v) is 3.57. The van der Waals surface area contributed by atoms with E-state index >= 15 is 0 Å². The first-order chi connectivity index (χ1) is 7.72. The Kier molecular flexibility index (Phi) is 3.26. The van der Waals surface area contributed by atoms with Gasteiger partial charge in [0.15, 0.2) is 0 Å². The van der Waals surface area contributed by atoms with Crippen molar-refractivity contribution in [3.05, 3.63) is 34.4 Å². The van der Waals surface area contributed by atoms with Crippen LogP contribution in [-0.4, -0.2) is 13.1 Å². The fraction of sp³-hybridized carbons (Fsp3) is 0.500. The molecule has 0 aromatic heterocycles. The summed E-state index contributed by atoms with van der Waals surface area (Å²) in [6, 6.07) is 6.30. The first kappa shape index (κ1) is 11.2. The largest absolute Gasteiger partial charge is 0.316 e. The molecule has 1 heterocycles. The molecule has 0 aliphatic carbocycles. The predicted molar refractivity (Wildman–Crippen MR) is 65.5 cm³/mol. The summed E-state index contributed by atoms with van der Waals surface area (Å²) in [5.74, 6) is 0.584. The maximum Gasteiger partial charge on any atom is 0.0991 e. The first-order valence-electron chi connectivity index (χ1n) is 5.94. The number of nitrogens with zero attached hydrogens (tertiary/aromatic N) is 1. The Balaban J connectivity index is 2.38. The lowest BCUT2D eigenvalue weighted by Gasteiger charge is -2.25. The molecule has 1 aromatic rings. The normalized spacial score (nSPS) is 20.4. The molecule has 2 nitrogen and oxygen atoms in total. The Morgan fingerprint density at radius 2 is 2.19 bits per heavy atom. The van der Waals surface area contributed by atoms with Crippen molar-refractivity contribution >= 4 is 0 Å². The van der Waals surface area contributed by atoms with E-state index in [1.165, 1.54) is 29.5 Å². The van der Waals surface area contributed by atoms with Crippen LogP contribution in [0.25, 0.3) is 0 Å². The summed E-state index contributed by atoms with van der Waals surface area (Å²) in [6.07, 6.45) is 2.47. The molecule has 84 valence electrons. The van der Waals surface area contributed by atoms with Gasteiger partial charge in [-0.15, -0.1) is 0 Å². The van der Waals surface area contributed by atoms with Crippen molar-refractivity contribution in [1.82, 2.24) is 5.32 Å². The van der Waals surface area contributed by atoms with Gasteiger partial charge in [-0.3, -0.25) is 0 Å². The van der Waals surface area contributed by atoms with E-state index in [0.29, 0.717) is 5.92 Å². The van der Waals surface area contributed by atoms with Gasteiger partial charge in [-0.25, -0.2) is 0 Å². The molecule has 2 heteroatoms. The second-order valence-electron chi connectivity index (χ2n) is 4.66. The van der Waals surface area contributed by atoms with Gasteiger partial charge in [0.2, 0.25) is 0 Å². The molecule has 0 saturated carbocycles. The molecular formula is C14H18N2. The Labute approximate surface area is 97.3 Å². The fourth-order valence-corrected chi connectivity index (χ4v) is 2.49. The van der Waals surface area contributed by atoms with Crippen LogP contribution in [0.2, 0.25) is 0 Å². The number of hydrogen-bond acceptors (Lipinski definition) is 2. The number of hydrogen-bond donors (Lipinski definition) is 1. The van der Waals surface area contributed by atoms with Gasteiger partial charge in [0.05, 0.1) is 11.6 Å². The van der Waals surface area contributed by atoms with Gasteiger partial charge in [0.25, 0.3) is 0 Å². The zero-order valence-corrected chi connectivity index (χ0v) is 10.0. The van der Waals surface area contributed by atoms with Gasteiger partial charge in [-0.2, -0.15) is 5.26 Å². The first-order valence-corrected chi connectivity index (χ1v) is 5.94. The van der Waals surface area contributed by atoms with Crippen LogP contribution < -0.4 is 5.32 Å². The lowest BCUT2D eigenvalue weighted by molar-refractivity contribution is 0.460. The van der Waals surface area contributed by atoms with E-state index in [9.17, 15) is 0 Å². The number of nitriles is 1. The van der Waals surface area contributed by atoms with Crippen molar-refractivity contribution in [2.75, 3.05) is 13.1 Å². The van der Waals surface area contributed by atoms with Crippen molar-refractivity contribution in [2.24, 2.45) is 0 Å². The highest BCUT2D eigenvalue weighted by Gasteiger charge is 2.18. The number of piperidine rings is 1. The lowest BCUT2D eigenvalue weighted by Crippen LogP contribution is -2.28. The molecule has 1 aliphatic heterocycles. The van der Waals surface area contributed by atoms with Crippen LogP contribution in [0.15, 0.2) is 12.1 Å². The summed E-state index contributed by atoms with van der Waals surface area (Å²) in [5, 5.41) is 12.4. The minimum absolute atomic E-state index is 0.584. The van der Waals surface area contributed by atoms with E-state index in [-0.39, 0.29) is 0 Å². The van der Waals surface area contributed by atoms with E-state index in [1.807, 2.05) is 6.07 Å². The van der Waals surface area contributed by atoms with E-state index < -0.39 is 0 Å². The van der Waals surface area contributed by atoms with E-state index in [1.54, 1.807) is 0 Å². The highest BCUT2D eigenvalue weighted by atomic mass is 14.9. The van der Waals surface area contributed by atoms with Crippen LogP contribution in [0.3, 0.4) is 0 Å². The summed E-state index contributed by atoms with van der Waals surface area (Å²) in [6.45, 7) is 6.44. The molecular weight excluding hydrogens is 196 g/mol. The van der Waals surface area contributed by atoms with E-state index in [4.69, 9.17) is 5.26 Å².